The Bertz CT molecular complexity index is 488. The number of rotatable bonds is 7. The van der Waals surface area contributed by atoms with Crippen LogP contribution in [-0.2, 0) is 0 Å². The number of methoxy groups -OCH3 is 1. The van der Waals surface area contributed by atoms with Crippen LogP contribution in [0.1, 0.15) is 18.5 Å². The van der Waals surface area contributed by atoms with Crippen LogP contribution in [0, 0.1) is 0 Å². The van der Waals surface area contributed by atoms with E-state index in [0.717, 1.165) is 22.4 Å². The van der Waals surface area contributed by atoms with Crippen LogP contribution in [0.25, 0.3) is 0 Å². The van der Waals surface area contributed by atoms with E-state index in [9.17, 15) is 0 Å². The summed E-state index contributed by atoms with van der Waals surface area (Å²) in [7, 11) is 1.70. The predicted octanol–water partition coefficient (Wildman–Crippen LogP) is 3.59. The summed E-state index contributed by atoms with van der Waals surface area (Å²) >= 11 is 3.47. The fourth-order valence-corrected chi connectivity index (χ4v) is 3.57. The Morgan fingerprint density at radius 3 is 3.05 bits per heavy atom. The number of nitrogens with zero attached hydrogens (tertiary/aromatic N) is 1. The second-order valence-electron chi connectivity index (χ2n) is 4.00. The van der Waals surface area contributed by atoms with E-state index in [1.165, 1.54) is 5.56 Å². The van der Waals surface area contributed by atoms with Crippen LogP contribution in [0.4, 0.5) is 0 Å². The normalized spacial score (nSPS) is 12.3. The van der Waals surface area contributed by atoms with Crippen LogP contribution in [0.5, 0.6) is 5.75 Å². The topological polar surface area (TPSA) is 34.2 Å². The molecule has 0 amide bonds. The molecule has 2 rings (SSSR count). The Hall–Kier alpha value is -1.04. The third-order valence-corrected chi connectivity index (χ3v) is 4.79. The Balaban J connectivity index is 2.05. The fourth-order valence-electron chi connectivity index (χ4n) is 1.81. The second kappa shape index (κ2) is 7.53. The van der Waals surface area contributed by atoms with Crippen LogP contribution >= 0.6 is 23.1 Å². The van der Waals surface area contributed by atoms with Crippen molar-refractivity contribution in [3.63, 3.8) is 0 Å². The molecule has 0 saturated carbocycles. The molecule has 3 nitrogen and oxygen atoms in total. The first-order valence-corrected chi connectivity index (χ1v) is 8.09. The molecule has 1 unspecified atom stereocenters. The molecule has 1 N–H and O–H groups in total. The van der Waals surface area contributed by atoms with Crippen molar-refractivity contribution in [3.05, 3.63) is 41.4 Å². The molecule has 0 aliphatic heterocycles. The monoisotopic (exact) mass is 294 g/mol. The van der Waals surface area contributed by atoms with Gasteiger partial charge in [-0.25, -0.2) is 4.98 Å². The standard InChI is InChI=1S/C14H18N2OS2/c1-3-15-13(10-19-14-16-7-8-18-14)11-5-4-6-12(9-11)17-2/h4-9,13,15H,3,10H2,1-2H3. The molecule has 102 valence electrons. The highest BCUT2D eigenvalue weighted by Crippen LogP contribution is 2.27. The quantitative estimate of drug-likeness (QED) is 0.791. The molecule has 0 radical (unpaired) electrons. The summed E-state index contributed by atoms with van der Waals surface area (Å²) in [6.45, 7) is 3.07. The third-order valence-electron chi connectivity index (χ3n) is 2.73. The van der Waals surface area contributed by atoms with Gasteiger partial charge in [-0.1, -0.05) is 30.8 Å². The van der Waals surface area contributed by atoms with Crippen molar-refractivity contribution in [2.75, 3.05) is 19.4 Å². The second-order valence-corrected chi connectivity index (χ2v) is 6.16. The largest absolute Gasteiger partial charge is 0.497 e. The first-order chi connectivity index (χ1) is 9.33. The van der Waals surface area contributed by atoms with Gasteiger partial charge in [-0.3, -0.25) is 0 Å². The lowest BCUT2D eigenvalue weighted by atomic mass is 10.1. The van der Waals surface area contributed by atoms with Crippen LogP contribution in [-0.4, -0.2) is 24.4 Å². The average Bonchev–Trinajstić information content (AvgIpc) is 2.97. The Morgan fingerprint density at radius 2 is 2.37 bits per heavy atom. The van der Waals surface area contributed by atoms with Gasteiger partial charge in [0.2, 0.25) is 0 Å². The summed E-state index contributed by atoms with van der Waals surface area (Å²) in [5.74, 6) is 1.87. The molecule has 1 aromatic heterocycles. The number of thiazole rings is 1. The lowest BCUT2D eigenvalue weighted by Crippen LogP contribution is -2.22. The fraction of sp³-hybridized carbons (Fsp3) is 0.357. The Morgan fingerprint density at radius 1 is 1.47 bits per heavy atom. The van der Waals surface area contributed by atoms with E-state index in [4.69, 9.17) is 4.74 Å². The van der Waals surface area contributed by atoms with Crippen LogP contribution in [0.15, 0.2) is 40.2 Å². The van der Waals surface area contributed by atoms with E-state index in [0.29, 0.717) is 6.04 Å². The minimum atomic E-state index is 0.314. The van der Waals surface area contributed by atoms with Crippen molar-refractivity contribution in [1.29, 1.82) is 0 Å². The molecular formula is C14H18N2OS2. The molecule has 0 aliphatic rings. The van der Waals surface area contributed by atoms with E-state index in [2.05, 4.69) is 29.4 Å². The van der Waals surface area contributed by atoms with Gasteiger partial charge < -0.3 is 10.1 Å². The number of nitrogens with one attached hydrogen (secondary N) is 1. The lowest BCUT2D eigenvalue weighted by Gasteiger charge is -2.18. The van der Waals surface area contributed by atoms with Gasteiger partial charge >= 0.3 is 0 Å². The van der Waals surface area contributed by atoms with Crippen molar-refractivity contribution in [1.82, 2.24) is 10.3 Å². The third kappa shape index (κ3) is 4.23. The smallest absolute Gasteiger partial charge is 0.149 e. The zero-order valence-electron chi connectivity index (χ0n) is 11.1. The van der Waals surface area contributed by atoms with Gasteiger partial charge in [0.15, 0.2) is 0 Å². The summed E-state index contributed by atoms with van der Waals surface area (Å²) in [6.07, 6.45) is 1.85. The average molecular weight is 294 g/mol. The predicted molar refractivity (Wildman–Crippen MR) is 82.2 cm³/mol. The number of aromatic nitrogens is 1. The zero-order chi connectivity index (χ0) is 13.5. The lowest BCUT2D eigenvalue weighted by molar-refractivity contribution is 0.413. The van der Waals surface area contributed by atoms with Crippen molar-refractivity contribution in [2.24, 2.45) is 0 Å². The number of thioether (sulfide) groups is 1. The summed E-state index contributed by atoms with van der Waals surface area (Å²) in [4.78, 5) is 4.30. The minimum Gasteiger partial charge on any atom is -0.497 e. The Labute approximate surface area is 122 Å². The number of hydrogen-bond donors (Lipinski definition) is 1. The summed E-state index contributed by atoms with van der Waals surface area (Å²) in [5.41, 5.74) is 1.25. The summed E-state index contributed by atoms with van der Waals surface area (Å²) in [6, 6.07) is 8.55. The maximum absolute atomic E-state index is 5.29. The molecule has 1 atom stereocenters. The maximum atomic E-state index is 5.29. The molecule has 0 spiro atoms. The summed E-state index contributed by atoms with van der Waals surface area (Å²) in [5, 5.41) is 5.52. The van der Waals surface area contributed by atoms with E-state index >= 15 is 0 Å². The van der Waals surface area contributed by atoms with E-state index in [1.807, 2.05) is 23.7 Å². The Kier molecular flexibility index (Phi) is 5.69. The minimum absolute atomic E-state index is 0.314. The van der Waals surface area contributed by atoms with Crippen molar-refractivity contribution in [3.8, 4) is 5.75 Å². The molecule has 5 heteroatoms. The molecule has 0 aliphatic carbocycles. The zero-order valence-corrected chi connectivity index (χ0v) is 12.8. The van der Waals surface area contributed by atoms with E-state index in [-0.39, 0.29) is 0 Å². The number of benzene rings is 1. The van der Waals surface area contributed by atoms with Gasteiger partial charge in [0.1, 0.15) is 10.1 Å². The highest BCUT2D eigenvalue weighted by atomic mass is 32.2. The van der Waals surface area contributed by atoms with Crippen molar-refractivity contribution in [2.45, 2.75) is 17.3 Å². The van der Waals surface area contributed by atoms with E-state index in [1.54, 1.807) is 30.2 Å². The van der Waals surface area contributed by atoms with Crippen LogP contribution in [0.3, 0.4) is 0 Å². The van der Waals surface area contributed by atoms with Gasteiger partial charge in [-0.2, -0.15) is 0 Å². The first-order valence-electron chi connectivity index (χ1n) is 6.23. The van der Waals surface area contributed by atoms with E-state index < -0.39 is 0 Å². The molecule has 1 aromatic carbocycles. The molecule has 19 heavy (non-hydrogen) atoms. The molecule has 1 heterocycles. The molecule has 0 bridgehead atoms. The first kappa shape index (κ1) is 14.4. The summed E-state index contributed by atoms with van der Waals surface area (Å²) < 4.78 is 6.41. The van der Waals surface area contributed by atoms with Crippen molar-refractivity contribution < 1.29 is 4.74 Å². The molecule has 0 fully saturated rings. The number of hydrogen-bond acceptors (Lipinski definition) is 5. The molecular weight excluding hydrogens is 276 g/mol. The number of ether oxygens (including phenoxy) is 1. The SMILES string of the molecule is CCNC(CSc1nccs1)c1cccc(OC)c1. The maximum Gasteiger partial charge on any atom is 0.149 e. The van der Waals surface area contributed by atoms with Gasteiger partial charge in [0.25, 0.3) is 0 Å². The van der Waals surface area contributed by atoms with Gasteiger partial charge in [0, 0.05) is 23.4 Å². The van der Waals surface area contributed by atoms with Gasteiger partial charge in [0.05, 0.1) is 7.11 Å². The highest BCUT2D eigenvalue weighted by Gasteiger charge is 2.12. The van der Waals surface area contributed by atoms with Crippen molar-refractivity contribution >= 4 is 23.1 Å². The van der Waals surface area contributed by atoms with Gasteiger partial charge in [-0.15, -0.1) is 11.3 Å². The van der Waals surface area contributed by atoms with Crippen LogP contribution in [0.2, 0.25) is 0 Å². The van der Waals surface area contributed by atoms with Crippen LogP contribution < -0.4 is 10.1 Å². The highest BCUT2D eigenvalue weighted by molar-refractivity contribution is 8.01. The van der Waals surface area contributed by atoms with Gasteiger partial charge in [-0.05, 0) is 24.2 Å². The molecule has 2 aromatic rings. The molecule has 0 saturated heterocycles.